The van der Waals surface area contributed by atoms with Crippen molar-refractivity contribution >= 4 is 29.3 Å². The molecule has 2 aromatic rings. The summed E-state index contributed by atoms with van der Waals surface area (Å²) in [5.41, 5.74) is 0.794. The first-order chi connectivity index (χ1) is 12.7. The lowest BCUT2D eigenvalue weighted by Crippen LogP contribution is -2.50. The number of fused-ring (bicyclic) bond motifs is 1. The standard InChI is InChI=1S/C18H22ClN5OS/c19-14-7-3-8-15(11-14)24-18(20-21-22-24)26-12-17(25)23-10-4-6-13-5-1-2-9-16(13)23/h3,7-8,11,13,16H,1-2,4-6,9-10,12H2/t13-,16-/m1/s1. The molecule has 0 N–H and O–H groups in total. The van der Waals surface area contributed by atoms with Crippen LogP contribution in [-0.4, -0.2) is 49.4 Å². The number of nitrogens with zero attached hydrogens (tertiary/aromatic N) is 5. The molecule has 4 rings (SSSR count). The Bertz CT molecular complexity index is 780. The Morgan fingerprint density at radius 2 is 2.08 bits per heavy atom. The largest absolute Gasteiger partial charge is 0.339 e. The fourth-order valence-electron chi connectivity index (χ4n) is 4.18. The number of hydrogen-bond donors (Lipinski definition) is 0. The van der Waals surface area contributed by atoms with Crippen LogP contribution in [0.5, 0.6) is 0 Å². The number of likely N-dealkylation sites (tertiary alicyclic amines) is 1. The van der Waals surface area contributed by atoms with Crippen LogP contribution in [0.3, 0.4) is 0 Å². The Kier molecular flexibility index (Phi) is 5.45. The Morgan fingerprint density at radius 3 is 2.96 bits per heavy atom. The van der Waals surface area contributed by atoms with Crippen molar-refractivity contribution in [3.05, 3.63) is 29.3 Å². The number of amides is 1. The van der Waals surface area contributed by atoms with E-state index < -0.39 is 0 Å². The molecular weight excluding hydrogens is 370 g/mol. The lowest BCUT2D eigenvalue weighted by molar-refractivity contribution is -0.134. The number of hydrogen-bond acceptors (Lipinski definition) is 5. The van der Waals surface area contributed by atoms with Gasteiger partial charge in [-0.3, -0.25) is 4.79 Å². The third-order valence-electron chi connectivity index (χ3n) is 5.38. The van der Waals surface area contributed by atoms with Gasteiger partial charge in [0, 0.05) is 17.6 Å². The molecule has 1 aliphatic carbocycles. The lowest BCUT2D eigenvalue weighted by atomic mass is 9.78. The number of carbonyl (C=O) groups is 1. The molecule has 2 atom stereocenters. The molecule has 8 heteroatoms. The van der Waals surface area contributed by atoms with Crippen molar-refractivity contribution in [2.24, 2.45) is 5.92 Å². The first-order valence-corrected chi connectivity index (χ1v) is 10.6. The van der Waals surface area contributed by atoms with Gasteiger partial charge in [-0.1, -0.05) is 42.3 Å². The quantitative estimate of drug-likeness (QED) is 0.745. The normalized spacial score (nSPS) is 22.9. The fourth-order valence-corrected chi connectivity index (χ4v) is 5.14. The van der Waals surface area contributed by atoms with Crippen LogP contribution in [0.25, 0.3) is 5.69 Å². The third-order valence-corrected chi connectivity index (χ3v) is 6.52. The van der Waals surface area contributed by atoms with Crippen LogP contribution in [-0.2, 0) is 4.79 Å². The van der Waals surface area contributed by atoms with Gasteiger partial charge in [0.1, 0.15) is 0 Å². The van der Waals surface area contributed by atoms with E-state index in [1.807, 2.05) is 18.2 Å². The highest BCUT2D eigenvalue weighted by Crippen LogP contribution is 2.35. The molecule has 2 heterocycles. The highest BCUT2D eigenvalue weighted by molar-refractivity contribution is 7.99. The molecule has 1 aromatic carbocycles. The molecule has 2 fully saturated rings. The van der Waals surface area contributed by atoms with Gasteiger partial charge in [-0.15, -0.1) is 5.10 Å². The van der Waals surface area contributed by atoms with Crippen LogP contribution >= 0.6 is 23.4 Å². The molecule has 0 radical (unpaired) electrons. The second-order valence-electron chi connectivity index (χ2n) is 6.98. The first kappa shape index (κ1) is 17.8. The number of piperidine rings is 1. The Balaban J connectivity index is 1.43. The second kappa shape index (κ2) is 7.96. The van der Waals surface area contributed by atoms with Crippen molar-refractivity contribution in [3.8, 4) is 5.69 Å². The molecule has 26 heavy (non-hydrogen) atoms. The number of rotatable bonds is 4. The molecule has 1 saturated carbocycles. The van der Waals surface area contributed by atoms with Crippen LogP contribution in [0.15, 0.2) is 29.4 Å². The smallest absolute Gasteiger partial charge is 0.233 e. The summed E-state index contributed by atoms with van der Waals surface area (Å²) in [5, 5.41) is 13.1. The minimum absolute atomic E-state index is 0.201. The first-order valence-electron chi connectivity index (χ1n) is 9.19. The zero-order chi connectivity index (χ0) is 17.9. The monoisotopic (exact) mass is 391 g/mol. The molecule has 6 nitrogen and oxygen atoms in total. The molecule has 0 spiro atoms. The molecule has 1 amide bonds. The predicted octanol–water partition coefficient (Wildman–Crippen LogP) is 3.59. The molecule has 0 bridgehead atoms. The molecule has 1 aromatic heterocycles. The van der Waals surface area contributed by atoms with Gasteiger partial charge in [-0.2, -0.15) is 4.68 Å². The van der Waals surface area contributed by atoms with Gasteiger partial charge < -0.3 is 4.90 Å². The lowest BCUT2D eigenvalue weighted by Gasteiger charge is -2.44. The van der Waals surface area contributed by atoms with Crippen LogP contribution in [0.2, 0.25) is 5.02 Å². The van der Waals surface area contributed by atoms with Gasteiger partial charge in [0.05, 0.1) is 11.4 Å². The zero-order valence-corrected chi connectivity index (χ0v) is 16.1. The van der Waals surface area contributed by atoms with Gasteiger partial charge in [-0.25, -0.2) is 0 Å². The minimum Gasteiger partial charge on any atom is -0.339 e. The zero-order valence-electron chi connectivity index (χ0n) is 14.6. The molecular formula is C18H22ClN5OS. The minimum atomic E-state index is 0.201. The third kappa shape index (κ3) is 3.74. The van der Waals surface area contributed by atoms with Crippen LogP contribution < -0.4 is 0 Å². The maximum absolute atomic E-state index is 12.9. The molecule has 2 aliphatic rings. The number of carbonyl (C=O) groups excluding carboxylic acids is 1. The molecule has 138 valence electrons. The SMILES string of the molecule is O=C(CSc1nnnn1-c1cccc(Cl)c1)N1CCC[C@H]2CCCC[C@H]21. The van der Waals surface area contributed by atoms with Gasteiger partial charge >= 0.3 is 0 Å². The van der Waals surface area contributed by atoms with E-state index in [-0.39, 0.29) is 5.91 Å². The summed E-state index contributed by atoms with van der Waals surface area (Å²) in [6.07, 6.45) is 7.37. The summed E-state index contributed by atoms with van der Waals surface area (Å²) in [5.74, 6) is 1.26. The van der Waals surface area contributed by atoms with Crippen LogP contribution in [0, 0.1) is 5.92 Å². The summed E-state index contributed by atoms with van der Waals surface area (Å²) in [6.45, 7) is 0.889. The number of aromatic nitrogens is 4. The van der Waals surface area contributed by atoms with Crippen molar-refractivity contribution in [1.82, 2.24) is 25.1 Å². The molecule has 0 unspecified atom stereocenters. The Morgan fingerprint density at radius 1 is 1.23 bits per heavy atom. The van der Waals surface area contributed by atoms with Crippen molar-refractivity contribution in [3.63, 3.8) is 0 Å². The van der Waals surface area contributed by atoms with Crippen molar-refractivity contribution in [1.29, 1.82) is 0 Å². The van der Waals surface area contributed by atoms with E-state index in [0.29, 0.717) is 27.9 Å². The van der Waals surface area contributed by atoms with Crippen LogP contribution in [0.1, 0.15) is 38.5 Å². The number of thioether (sulfide) groups is 1. The summed E-state index contributed by atoms with van der Waals surface area (Å²) >= 11 is 7.45. The van der Waals surface area contributed by atoms with E-state index in [1.165, 1.54) is 37.4 Å². The van der Waals surface area contributed by atoms with Crippen molar-refractivity contribution < 1.29 is 4.79 Å². The van der Waals surface area contributed by atoms with E-state index in [2.05, 4.69) is 20.4 Å². The average Bonchev–Trinajstić information content (AvgIpc) is 3.14. The van der Waals surface area contributed by atoms with E-state index in [0.717, 1.165) is 25.1 Å². The highest BCUT2D eigenvalue weighted by atomic mass is 35.5. The van der Waals surface area contributed by atoms with Gasteiger partial charge in [0.25, 0.3) is 0 Å². The number of halogens is 1. The topological polar surface area (TPSA) is 63.9 Å². The maximum atomic E-state index is 12.9. The van der Waals surface area contributed by atoms with Gasteiger partial charge in [-0.05, 0) is 60.2 Å². The highest BCUT2D eigenvalue weighted by Gasteiger charge is 2.35. The Labute approximate surface area is 162 Å². The van der Waals surface area contributed by atoms with Crippen molar-refractivity contribution in [2.75, 3.05) is 12.3 Å². The average molecular weight is 392 g/mol. The van der Waals surface area contributed by atoms with E-state index in [1.54, 1.807) is 10.7 Å². The second-order valence-corrected chi connectivity index (χ2v) is 8.36. The number of benzene rings is 1. The summed E-state index contributed by atoms with van der Waals surface area (Å²) in [7, 11) is 0. The fraction of sp³-hybridized carbons (Fsp3) is 0.556. The van der Waals surface area contributed by atoms with Gasteiger partial charge in [0.2, 0.25) is 11.1 Å². The van der Waals surface area contributed by atoms with Gasteiger partial charge in [0.15, 0.2) is 0 Å². The number of tetrazole rings is 1. The van der Waals surface area contributed by atoms with E-state index in [4.69, 9.17) is 11.6 Å². The Hall–Kier alpha value is -1.60. The maximum Gasteiger partial charge on any atom is 0.233 e. The van der Waals surface area contributed by atoms with Crippen molar-refractivity contribution in [2.45, 2.75) is 49.7 Å². The summed E-state index contributed by atoms with van der Waals surface area (Å²) < 4.78 is 1.63. The van der Waals surface area contributed by atoms with E-state index in [9.17, 15) is 4.79 Å². The summed E-state index contributed by atoms with van der Waals surface area (Å²) in [4.78, 5) is 15.0. The molecule has 1 aliphatic heterocycles. The van der Waals surface area contributed by atoms with Crippen LogP contribution in [0.4, 0.5) is 0 Å². The molecule has 1 saturated heterocycles. The predicted molar refractivity (Wildman–Crippen MR) is 102 cm³/mol. The summed E-state index contributed by atoms with van der Waals surface area (Å²) in [6, 6.07) is 7.81. The van der Waals surface area contributed by atoms with E-state index >= 15 is 0 Å².